The zero-order valence-electron chi connectivity index (χ0n) is 15.7. The summed E-state index contributed by atoms with van der Waals surface area (Å²) in [5.41, 5.74) is 2.11. The largest absolute Gasteiger partial charge is 0.325 e. The smallest absolute Gasteiger partial charge is 0.248 e. The van der Waals surface area contributed by atoms with Gasteiger partial charge in [-0.2, -0.15) is 14.5 Å². The van der Waals surface area contributed by atoms with Crippen molar-refractivity contribution >= 4 is 7.81 Å². The van der Waals surface area contributed by atoms with Gasteiger partial charge in [-0.1, -0.05) is 35.5 Å². The second-order valence-electron chi connectivity index (χ2n) is 6.39. The van der Waals surface area contributed by atoms with Crippen LogP contribution in [0.25, 0.3) is 5.95 Å². The van der Waals surface area contributed by atoms with Gasteiger partial charge in [0.1, 0.15) is 24.6 Å². The van der Waals surface area contributed by atoms with Gasteiger partial charge in [-0.05, 0) is 11.6 Å². The van der Waals surface area contributed by atoms with Crippen LogP contribution in [0.4, 0.5) is 25.2 Å². The first-order valence-corrected chi connectivity index (χ1v) is 10.7. The molecule has 0 radical (unpaired) electrons. The van der Waals surface area contributed by atoms with Gasteiger partial charge in [0.15, 0.2) is 0 Å². The summed E-state index contributed by atoms with van der Waals surface area (Å²) in [5.74, 6) is 0.643. The molecule has 166 valence electrons. The van der Waals surface area contributed by atoms with Gasteiger partial charge in [0, 0.05) is 12.4 Å². The molecule has 14 heteroatoms. The maximum atomic E-state index is 9.87. The third kappa shape index (κ3) is 8.91. The molecule has 7 nitrogen and oxygen atoms in total. The summed E-state index contributed by atoms with van der Waals surface area (Å²) in [6.07, 6.45) is 11.2. The van der Waals surface area contributed by atoms with Gasteiger partial charge in [-0.3, -0.25) is 0 Å². The average Bonchev–Trinajstić information content (AvgIpc) is 3.31. The van der Waals surface area contributed by atoms with Crippen LogP contribution in [-0.2, 0) is 13.1 Å². The first kappa shape index (κ1) is 22.3. The van der Waals surface area contributed by atoms with Gasteiger partial charge in [0.2, 0.25) is 0 Å². The van der Waals surface area contributed by atoms with Crippen LogP contribution in [0.15, 0.2) is 73.7 Å². The van der Waals surface area contributed by atoms with Crippen LogP contribution in [0, 0.1) is 0 Å². The molecule has 0 saturated carbocycles. The zero-order valence-corrected chi connectivity index (χ0v) is 16.6. The van der Waals surface area contributed by atoms with Crippen molar-refractivity contribution in [2.75, 3.05) is 0 Å². The van der Waals surface area contributed by atoms with Crippen LogP contribution >= 0.6 is 7.81 Å². The van der Waals surface area contributed by atoms with Crippen molar-refractivity contribution in [1.29, 1.82) is 0 Å². The fraction of sp³-hybridized carbons (Fsp3) is 0.118. The van der Waals surface area contributed by atoms with E-state index in [0.717, 1.165) is 12.2 Å². The number of rotatable bonds is 5. The Morgan fingerprint density at radius 3 is 2.19 bits per heavy atom. The van der Waals surface area contributed by atoms with Gasteiger partial charge in [-0.25, -0.2) is 9.25 Å². The van der Waals surface area contributed by atoms with E-state index in [0.29, 0.717) is 12.5 Å². The molecule has 0 atom stereocenters. The molecule has 31 heavy (non-hydrogen) atoms. The summed E-state index contributed by atoms with van der Waals surface area (Å²) in [6.45, 7) is 1.37. The number of hydrogen-bond donors (Lipinski definition) is 0. The predicted octanol–water partition coefficient (Wildman–Crippen LogP) is 4.63. The number of benzene rings is 1. The Balaban J connectivity index is 0.000000339. The molecule has 0 saturated heterocycles. The van der Waals surface area contributed by atoms with E-state index in [9.17, 15) is 25.2 Å². The average molecular weight is 463 g/mol. The minimum Gasteiger partial charge on any atom is -0.248 e. The van der Waals surface area contributed by atoms with Crippen molar-refractivity contribution in [2.24, 2.45) is 0 Å². The Hall–Kier alpha value is -3.34. The normalized spacial score (nSPS) is 13.6. The molecule has 0 bridgehead atoms. The summed E-state index contributed by atoms with van der Waals surface area (Å²) >= 11 is 0. The number of hydrogen-bond acceptors (Lipinski definition) is 4. The van der Waals surface area contributed by atoms with Gasteiger partial charge in [-0.15, -0.1) is 5.10 Å². The molecule has 0 aliphatic heterocycles. The van der Waals surface area contributed by atoms with Crippen molar-refractivity contribution in [3.63, 3.8) is 0 Å². The number of halogens is 6. The Morgan fingerprint density at radius 1 is 0.903 bits per heavy atom. The van der Waals surface area contributed by atoms with Crippen LogP contribution in [0.2, 0.25) is 0 Å². The van der Waals surface area contributed by atoms with Gasteiger partial charge in [0.05, 0.1) is 12.7 Å². The SMILES string of the molecule is F[P-](F)(F)(F)(F)F.c1ccc(Cn2cc(C[n+]3ccn(-c4ncccn4)c3)nn2)cc1. The van der Waals surface area contributed by atoms with Crippen molar-refractivity contribution in [2.45, 2.75) is 13.1 Å². The van der Waals surface area contributed by atoms with Crippen LogP contribution in [0.3, 0.4) is 0 Å². The van der Waals surface area contributed by atoms with Crippen molar-refractivity contribution in [1.82, 2.24) is 29.5 Å². The molecule has 0 fully saturated rings. The first-order valence-electron chi connectivity index (χ1n) is 8.65. The summed E-state index contributed by atoms with van der Waals surface area (Å²) in [4.78, 5) is 8.45. The van der Waals surface area contributed by atoms with E-state index in [1.165, 1.54) is 5.56 Å². The zero-order chi connectivity index (χ0) is 22.6. The second kappa shape index (κ2) is 7.73. The first-order chi connectivity index (χ1) is 14.3. The second-order valence-corrected chi connectivity index (χ2v) is 8.31. The molecule has 3 heterocycles. The minimum absolute atomic E-state index is 0.643. The molecular formula is C17H16F6N7P. The van der Waals surface area contributed by atoms with Crippen molar-refractivity contribution in [3.8, 4) is 5.95 Å². The van der Waals surface area contributed by atoms with Gasteiger partial charge in [0.25, 0.3) is 6.33 Å². The Labute approximate surface area is 171 Å². The maximum Gasteiger partial charge on any atom is 0.325 e. The van der Waals surface area contributed by atoms with E-state index in [2.05, 4.69) is 32.4 Å². The van der Waals surface area contributed by atoms with Crippen molar-refractivity contribution < 1.29 is 29.7 Å². The Kier molecular flexibility index (Phi) is 5.57. The topological polar surface area (TPSA) is 65.3 Å². The van der Waals surface area contributed by atoms with Crippen LogP contribution in [0.5, 0.6) is 0 Å². The van der Waals surface area contributed by atoms with E-state index in [-0.39, 0.29) is 0 Å². The molecule has 0 aliphatic carbocycles. The monoisotopic (exact) mass is 463 g/mol. The molecule has 3 aromatic heterocycles. The fourth-order valence-electron chi connectivity index (χ4n) is 2.48. The van der Waals surface area contributed by atoms with Crippen molar-refractivity contribution in [3.05, 3.63) is 85.0 Å². The standard InChI is InChI=1S/C17H16N7.F6P/c1-2-5-15(6-3-1)11-24-13-16(20-21-24)12-22-9-10-23(14-22)17-18-7-4-8-19-17;1-7(2,3,4,5)6/h1-10,13-14H,11-12H2;/q+1;-1. The summed E-state index contributed by atoms with van der Waals surface area (Å²) in [7, 11) is -10.7. The number of aromatic nitrogens is 7. The number of nitrogens with zero attached hydrogens (tertiary/aromatic N) is 7. The Morgan fingerprint density at radius 2 is 1.55 bits per heavy atom. The molecular weight excluding hydrogens is 447 g/mol. The van der Waals surface area contributed by atoms with Crippen LogP contribution in [-0.4, -0.2) is 29.5 Å². The third-order valence-electron chi connectivity index (χ3n) is 3.59. The van der Waals surface area contributed by atoms with Gasteiger partial charge >= 0.3 is 38.9 Å². The molecule has 0 amide bonds. The van der Waals surface area contributed by atoms with E-state index < -0.39 is 7.81 Å². The summed E-state index contributed by atoms with van der Waals surface area (Å²) in [6, 6.07) is 12.0. The molecule has 0 unspecified atom stereocenters. The molecule has 4 rings (SSSR count). The van der Waals surface area contributed by atoms with E-state index in [1.807, 2.05) is 56.9 Å². The summed E-state index contributed by atoms with van der Waals surface area (Å²) in [5, 5.41) is 8.44. The van der Waals surface area contributed by atoms with E-state index >= 15 is 0 Å². The predicted molar refractivity (Wildman–Crippen MR) is 99.8 cm³/mol. The molecule has 0 aliphatic rings. The minimum atomic E-state index is -10.7. The third-order valence-corrected chi connectivity index (χ3v) is 3.59. The molecule has 1 aromatic carbocycles. The van der Waals surface area contributed by atoms with Crippen LogP contribution < -0.4 is 4.57 Å². The fourth-order valence-corrected chi connectivity index (χ4v) is 2.48. The van der Waals surface area contributed by atoms with E-state index in [1.54, 1.807) is 18.5 Å². The van der Waals surface area contributed by atoms with Gasteiger partial charge < -0.3 is 0 Å². The summed E-state index contributed by atoms with van der Waals surface area (Å²) < 4.78 is 64.9. The molecule has 0 spiro atoms. The molecule has 0 N–H and O–H groups in total. The van der Waals surface area contributed by atoms with Crippen LogP contribution in [0.1, 0.15) is 11.3 Å². The maximum absolute atomic E-state index is 10.7. The number of imidazole rings is 1. The quantitative estimate of drug-likeness (QED) is 0.246. The molecule has 4 aromatic rings. The van der Waals surface area contributed by atoms with E-state index in [4.69, 9.17) is 0 Å². The Bertz CT molecular complexity index is 1120.